The molecule has 5 nitrogen and oxygen atoms in total. The van der Waals surface area contributed by atoms with Crippen molar-refractivity contribution in [1.82, 2.24) is 9.78 Å². The lowest BCUT2D eigenvalue weighted by Gasteiger charge is -2.10. The van der Waals surface area contributed by atoms with Gasteiger partial charge in [-0.25, -0.2) is 8.42 Å². The van der Waals surface area contributed by atoms with Crippen LogP contribution in [0.3, 0.4) is 0 Å². The first kappa shape index (κ1) is 8.55. The van der Waals surface area contributed by atoms with Gasteiger partial charge in [0.25, 0.3) is 0 Å². The molecule has 0 aliphatic carbocycles. The summed E-state index contributed by atoms with van der Waals surface area (Å²) in [6.45, 7) is 0. The molecule has 72 valence electrons. The number of anilines is 1. The van der Waals surface area contributed by atoms with Crippen LogP contribution in [0.1, 0.15) is 11.3 Å². The monoisotopic (exact) mass is 201 g/mol. The average Bonchev–Trinajstić information content (AvgIpc) is 2.25. The molecule has 1 aliphatic heterocycles. The summed E-state index contributed by atoms with van der Waals surface area (Å²) in [5.41, 5.74) is 7.23. The summed E-state index contributed by atoms with van der Waals surface area (Å²) < 4.78 is 24.0. The zero-order valence-corrected chi connectivity index (χ0v) is 8.13. The van der Waals surface area contributed by atoms with E-state index in [0.29, 0.717) is 17.9 Å². The molecule has 1 aliphatic rings. The molecule has 1 aromatic rings. The van der Waals surface area contributed by atoms with Gasteiger partial charge in [0.1, 0.15) is 5.82 Å². The van der Waals surface area contributed by atoms with Crippen molar-refractivity contribution in [3.63, 3.8) is 0 Å². The standard InChI is InChI=1S/C7H11N3O2S/c1-10-7(8)5-2-3-13(11,12)4-6(5)9-10/h2-4,8H2,1H3. The van der Waals surface area contributed by atoms with E-state index in [2.05, 4.69) is 5.10 Å². The van der Waals surface area contributed by atoms with Crippen molar-refractivity contribution in [2.24, 2.45) is 7.05 Å². The van der Waals surface area contributed by atoms with Gasteiger partial charge in [0.15, 0.2) is 9.84 Å². The zero-order chi connectivity index (χ0) is 9.64. The summed E-state index contributed by atoms with van der Waals surface area (Å²) in [5.74, 6) is 0.813. The van der Waals surface area contributed by atoms with Gasteiger partial charge in [0.05, 0.1) is 17.2 Å². The van der Waals surface area contributed by atoms with Crippen LogP contribution in [0.2, 0.25) is 0 Å². The molecule has 0 unspecified atom stereocenters. The zero-order valence-electron chi connectivity index (χ0n) is 7.32. The molecular formula is C7H11N3O2S. The maximum Gasteiger partial charge on any atom is 0.156 e. The van der Waals surface area contributed by atoms with Gasteiger partial charge in [0.2, 0.25) is 0 Å². The normalized spacial score (nSPS) is 19.8. The van der Waals surface area contributed by atoms with Crippen LogP contribution in [0.25, 0.3) is 0 Å². The van der Waals surface area contributed by atoms with Crippen LogP contribution in [-0.2, 0) is 29.1 Å². The van der Waals surface area contributed by atoms with Crippen LogP contribution < -0.4 is 5.73 Å². The first-order valence-electron chi connectivity index (χ1n) is 4.00. The molecule has 2 N–H and O–H groups in total. The molecular weight excluding hydrogens is 190 g/mol. The minimum Gasteiger partial charge on any atom is -0.384 e. The second-order valence-corrected chi connectivity index (χ2v) is 5.46. The first-order valence-corrected chi connectivity index (χ1v) is 5.82. The largest absolute Gasteiger partial charge is 0.384 e. The summed E-state index contributed by atoms with van der Waals surface area (Å²) in [6.07, 6.45) is 0.497. The fourth-order valence-corrected chi connectivity index (χ4v) is 2.87. The van der Waals surface area contributed by atoms with E-state index in [9.17, 15) is 8.42 Å². The molecule has 6 heteroatoms. The molecule has 0 amide bonds. The van der Waals surface area contributed by atoms with E-state index in [0.717, 1.165) is 5.56 Å². The van der Waals surface area contributed by atoms with Crippen LogP contribution in [0.5, 0.6) is 0 Å². The molecule has 0 fully saturated rings. The van der Waals surface area contributed by atoms with E-state index < -0.39 is 9.84 Å². The maximum absolute atomic E-state index is 11.2. The van der Waals surface area contributed by atoms with Crippen molar-refractivity contribution >= 4 is 15.7 Å². The Balaban J connectivity index is 2.54. The molecule has 0 atom stereocenters. The van der Waals surface area contributed by atoms with Crippen molar-refractivity contribution in [3.05, 3.63) is 11.3 Å². The van der Waals surface area contributed by atoms with E-state index in [4.69, 9.17) is 5.73 Å². The number of rotatable bonds is 0. The van der Waals surface area contributed by atoms with Crippen LogP contribution in [0.4, 0.5) is 5.82 Å². The van der Waals surface area contributed by atoms with E-state index in [1.54, 1.807) is 7.05 Å². The highest BCUT2D eigenvalue weighted by Crippen LogP contribution is 2.24. The third kappa shape index (κ3) is 1.31. The number of aromatic nitrogens is 2. The quantitative estimate of drug-likeness (QED) is 0.612. The predicted molar refractivity (Wildman–Crippen MR) is 48.8 cm³/mol. The topological polar surface area (TPSA) is 78.0 Å². The lowest BCUT2D eigenvalue weighted by atomic mass is 10.2. The van der Waals surface area contributed by atoms with Gasteiger partial charge in [0, 0.05) is 12.6 Å². The molecule has 1 aromatic heterocycles. The van der Waals surface area contributed by atoms with E-state index in [1.165, 1.54) is 4.68 Å². The van der Waals surface area contributed by atoms with Crippen LogP contribution in [0, 0.1) is 0 Å². The number of aryl methyl sites for hydroxylation is 1. The highest BCUT2D eigenvalue weighted by atomic mass is 32.2. The van der Waals surface area contributed by atoms with Gasteiger partial charge in [-0.2, -0.15) is 5.10 Å². The van der Waals surface area contributed by atoms with E-state index in [1.807, 2.05) is 0 Å². The second kappa shape index (κ2) is 2.47. The third-order valence-electron chi connectivity index (χ3n) is 2.30. The Hall–Kier alpha value is -1.04. The second-order valence-electron chi connectivity index (χ2n) is 3.28. The fourth-order valence-electron chi connectivity index (χ4n) is 1.56. The van der Waals surface area contributed by atoms with Gasteiger partial charge in [-0.05, 0) is 6.42 Å². The van der Waals surface area contributed by atoms with Gasteiger partial charge >= 0.3 is 0 Å². The highest BCUT2D eigenvalue weighted by Gasteiger charge is 2.26. The lowest BCUT2D eigenvalue weighted by molar-refractivity contribution is 0.590. The lowest BCUT2D eigenvalue weighted by Crippen LogP contribution is -2.18. The van der Waals surface area contributed by atoms with Gasteiger partial charge in [-0.3, -0.25) is 4.68 Å². The Kier molecular flexibility index (Phi) is 1.63. The number of hydrogen-bond acceptors (Lipinski definition) is 4. The number of nitrogens with two attached hydrogens (primary N) is 1. The summed E-state index contributed by atoms with van der Waals surface area (Å²) >= 11 is 0. The highest BCUT2D eigenvalue weighted by molar-refractivity contribution is 7.90. The van der Waals surface area contributed by atoms with Crippen molar-refractivity contribution in [2.45, 2.75) is 12.2 Å². The van der Waals surface area contributed by atoms with Crippen molar-refractivity contribution in [2.75, 3.05) is 11.5 Å². The Labute approximate surface area is 76.5 Å². The maximum atomic E-state index is 11.2. The van der Waals surface area contributed by atoms with Crippen molar-refractivity contribution < 1.29 is 8.42 Å². The van der Waals surface area contributed by atoms with Crippen molar-refractivity contribution in [1.29, 1.82) is 0 Å². The molecule has 2 heterocycles. The average molecular weight is 201 g/mol. The molecule has 2 rings (SSSR count). The number of nitrogens with zero attached hydrogens (tertiary/aromatic N) is 2. The molecule has 0 aromatic carbocycles. The van der Waals surface area contributed by atoms with E-state index in [-0.39, 0.29) is 11.5 Å². The van der Waals surface area contributed by atoms with Gasteiger partial charge < -0.3 is 5.73 Å². The molecule has 0 spiro atoms. The minimum atomic E-state index is -2.93. The Morgan fingerprint density at radius 3 is 2.92 bits per heavy atom. The number of hydrogen-bond donors (Lipinski definition) is 1. The summed E-state index contributed by atoms with van der Waals surface area (Å²) in [7, 11) is -1.21. The molecule has 13 heavy (non-hydrogen) atoms. The Morgan fingerprint density at radius 1 is 1.54 bits per heavy atom. The number of fused-ring (bicyclic) bond motifs is 1. The first-order chi connectivity index (χ1) is 5.99. The van der Waals surface area contributed by atoms with Gasteiger partial charge in [-0.1, -0.05) is 0 Å². The molecule has 0 saturated heterocycles. The van der Waals surface area contributed by atoms with Gasteiger partial charge in [-0.15, -0.1) is 0 Å². The SMILES string of the molecule is Cn1nc2c(c1N)CCS(=O)(=O)C2. The molecule has 0 radical (unpaired) electrons. The minimum absolute atomic E-state index is 0.0351. The Bertz CT molecular complexity index is 447. The molecule has 0 bridgehead atoms. The fraction of sp³-hybridized carbons (Fsp3) is 0.571. The van der Waals surface area contributed by atoms with Crippen LogP contribution >= 0.6 is 0 Å². The van der Waals surface area contributed by atoms with Crippen LogP contribution in [0.15, 0.2) is 0 Å². The molecule has 0 saturated carbocycles. The number of sulfone groups is 1. The third-order valence-corrected chi connectivity index (χ3v) is 3.84. The van der Waals surface area contributed by atoms with E-state index >= 15 is 0 Å². The van der Waals surface area contributed by atoms with Crippen molar-refractivity contribution in [3.8, 4) is 0 Å². The Morgan fingerprint density at radius 2 is 2.23 bits per heavy atom. The smallest absolute Gasteiger partial charge is 0.156 e. The summed E-state index contributed by atoms with van der Waals surface area (Å²) in [5, 5.41) is 4.06. The summed E-state index contributed by atoms with van der Waals surface area (Å²) in [6, 6.07) is 0. The number of nitrogen functional groups attached to an aromatic ring is 1. The van der Waals surface area contributed by atoms with Crippen LogP contribution in [-0.4, -0.2) is 24.0 Å². The summed E-state index contributed by atoms with van der Waals surface area (Å²) in [4.78, 5) is 0. The predicted octanol–water partition coefficient (Wildman–Crippen LogP) is -0.527.